The van der Waals surface area contributed by atoms with E-state index in [1.807, 2.05) is 6.92 Å². The highest BCUT2D eigenvalue weighted by Gasteiger charge is 2.17. The zero-order valence-electron chi connectivity index (χ0n) is 12.3. The van der Waals surface area contributed by atoms with Gasteiger partial charge in [-0.05, 0) is 31.9 Å². The van der Waals surface area contributed by atoms with E-state index in [2.05, 4.69) is 15.0 Å². The monoisotopic (exact) mass is 313 g/mol. The molecular weight excluding hydrogens is 290 g/mol. The first kappa shape index (κ1) is 16.2. The van der Waals surface area contributed by atoms with Gasteiger partial charge in [0.15, 0.2) is 0 Å². The molecule has 0 atom stereocenters. The van der Waals surface area contributed by atoms with Gasteiger partial charge in [-0.25, -0.2) is 18.1 Å². The van der Waals surface area contributed by atoms with Crippen LogP contribution < -0.4 is 10.0 Å². The first-order chi connectivity index (χ1) is 10.1. The van der Waals surface area contributed by atoms with Gasteiger partial charge in [0.25, 0.3) is 0 Å². The Hall–Kier alpha value is -1.18. The van der Waals surface area contributed by atoms with Crippen LogP contribution in [0.25, 0.3) is 0 Å². The zero-order valence-corrected chi connectivity index (χ0v) is 13.2. The Morgan fingerprint density at radius 2 is 2.10 bits per heavy atom. The smallest absolute Gasteiger partial charge is 0.242 e. The molecule has 1 aliphatic rings. The minimum atomic E-state index is -3.51. The van der Waals surface area contributed by atoms with Crippen LogP contribution in [-0.4, -0.2) is 39.2 Å². The van der Waals surface area contributed by atoms with Crippen LogP contribution in [0.2, 0.25) is 0 Å². The third-order valence-corrected chi connectivity index (χ3v) is 4.90. The lowest BCUT2D eigenvalue weighted by Gasteiger charge is -2.12. The van der Waals surface area contributed by atoms with Crippen molar-refractivity contribution in [2.45, 2.75) is 43.6 Å². The van der Waals surface area contributed by atoms with Crippen LogP contribution in [-0.2, 0) is 14.8 Å². The number of nitrogens with zero attached hydrogens (tertiary/aromatic N) is 1. The minimum absolute atomic E-state index is 0.171. The molecule has 21 heavy (non-hydrogen) atoms. The Morgan fingerprint density at radius 3 is 2.71 bits per heavy atom. The van der Waals surface area contributed by atoms with E-state index >= 15 is 0 Å². The lowest BCUT2D eigenvalue weighted by molar-refractivity contribution is 0.0626. The van der Waals surface area contributed by atoms with Gasteiger partial charge in [0.1, 0.15) is 10.7 Å². The Balaban J connectivity index is 1.80. The van der Waals surface area contributed by atoms with Gasteiger partial charge in [0, 0.05) is 19.3 Å². The van der Waals surface area contributed by atoms with Crippen molar-refractivity contribution in [3.63, 3.8) is 0 Å². The summed E-state index contributed by atoms with van der Waals surface area (Å²) >= 11 is 0. The van der Waals surface area contributed by atoms with E-state index in [-0.39, 0.29) is 11.4 Å². The van der Waals surface area contributed by atoms with Gasteiger partial charge in [-0.2, -0.15) is 0 Å². The maximum Gasteiger partial charge on any atom is 0.242 e. The van der Waals surface area contributed by atoms with Crippen molar-refractivity contribution in [2.75, 3.05) is 25.0 Å². The number of sulfonamides is 1. The maximum atomic E-state index is 12.1. The van der Waals surface area contributed by atoms with Crippen molar-refractivity contribution < 1.29 is 13.2 Å². The Bertz CT molecular complexity index is 525. The fourth-order valence-corrected chi connectivity index (χ4v) is 3.32. The maximum absolute atomic E-state index is 12.1. The number of hydrogen-bond donors (Lipinski definition) is 2. The zero-order chi connectivity index (χ0) is 15.1. The second kappa shape index (κ2) is 7.72. The van der Waals surface area contributed by atoms with E-state index in [0.717, 1.165) is 19.4 Å². The molecule has 2 rings (SSSR count). The van der Waals surface area contributed by atoms with Crippen LogP contribution in [0.4, 0.5) is 5.82 Å². The van der Waals surface area contributed by atoms with Gasteiger partial charge in [0.2, 0.25) is 10.0 Å². The lowest BCUT2D eigenvalue weighted by atomic mass is 10.3. The van der Waals surface area contributed by atoms with Crippen molar-refractivity contribution in [1.29, 1.82) is 0 Å². The van der Waals surface area contributed by atoms with Crippen LogP contribution in [0, 0.1) is 0 Å². The largest absolute Gasteiger partial charge is 0.377 e. The van der Waals surface area contributed by atoms with E-state index in [4.69, 9.17) is 4.74 Å². The topological polar surface area (TPSA) is 80.3 Å². The fraction of sp³-hybridized carbons (Fsp3) is 0.643. The van der Waals surface area contributed by atoms with E-state index in [0.29, 0.717) is 18.5 Å². The molecule has 118 valence electrons. The van der Waals surface area contributed by atoms with Crippen molar-refractivity contribution in [3.05, 3.63) is 18.3 Å². The summed E-state index contributed by atoms with van der Waals surface area (Å²) in [5.74, 6) is 0.668. The normalized spacial score (nSPS) is 16.2. The molecule has 2 N–H and O–H groups in total. The molecule has 1 aromatic rings. The predicted molar refractivity (Wildman–Crippen MR) is 81.8 cm³/mol. The second-order valence-electron chi connectivity index (χ2n) is 5.08. The quantitative estimate of drug-likeness (QED) is 0.715. The van der Waals surface area contributed by atoms with Gasteiger partial charge in [-0.1, -0.05) is 12.8 Å². The molecule has 0 bridgehead atoms. The molecule has 1 saturated carbocycles. The lowest BCUT2D eigenvalue weighted by Crippen LogP contribution is -2.28. The Labute approximate surface area is 126 Å². The first-order valence-electron chi connectivity index (χ1n) is 7.43. The third kappa shape index (κ3) is 4.94. The molecule has 0 spiro atoms. The second-order valence-corrected chi connectivity index (χ2v) is 6.85. The molecule has 1 fully saturated rings. The molecule has 1 heterocycles. The van der Waals surface area contributed by atoms with E-state index in [1.165, 1.54) is 19.0 Å². The molecule has 6 nitrogen and oxygen atoms in total. The van der Waals surface area contributed by atoms with Crippen LogP contribution in [0.15, 0.2) is 23.2 Å². The van der Waals surface area contributed by atoms with Crippen LogP contribution in [0.3, 0.4) is 0 Å². The molecule has 1 aliphatic carbocycles. The van der Waals surface area contributed by atoms with Gasteiger partial charge in [-0.15, -0.1) is 0 Å². The number of pyridine rings is 1. The van der Waals surface area contributed by atoms with E-state index < -0.39 is 10.0 Å². The predicted octanol–water partition coefficient (Wildman–Crippen LogP) is 1.75. The molecular formula is C14H23N3O3S. The molecule has 0 saturated heterocycles. The summed E-state index contributed by atoms with van der Waals surface area (Å²) < 4.78 is 32.3. The highest BCUT2D eigenvalue weighted by Crippen LogP contribution is 2.20. The summed E-state index contributed by atoms with van der Waals surface area (Å²) in [5, 5.41) is 3.02. The number of rotatable bonds is 8. The molecule has 0 aliphatic heterocycles. The molecule has 0 unspecified atom stereocenters. The van der Waals surface area contributed by atoms with Gasteiger partial charge in [0.05, 0.1) is 12.7 Å². The number of anilines is 1. The van der Waals surface area contributed by atoms with E-state index in [1.54, 1.807) is 12.1 Å². The van der Waals surface area contributed by atoms with Crippen molar-refractivity contribution in [2.24, 2.45) is 0 Å². The minimum Gasteiger partial charge on any atom is -0.377 e. The van der Waals surface area contributed by atoms with Crippen molar-refractivity contribution in [1.82, 2.24) is 9.71 Å². The standard InChI is InChI=1S/C14H23N3O3S/c1-2-15-14-8-7-13(11-16-14)21(18,19)17-9-10-20-12-5-3-4-6-12/h7-8,11-12,17H,2-6,9-10H2,1H3,(H,15,16). The van der Waals surface area contributed by atoms with Crippen molar-refractivity contribution in [3.8, 4) is 0 Å². The summed E-state index contributed by atoms with van der Waals surface area (Å²) in [5.41, 5.74) is 0. The number of aromatic nitrogens is 1. The molecule has 0 amide bonds. The summed E-state index contributed by atoms with van der Waals surface area (Å²) in [6, 6.07) is 3.21. The van der Waals surface area contributed by atoms with Gasteiger partial charge >= 0.3 is 0 Å². The highest BCUT2D eigenvalue weighted by molar-refractivity contribution is 7.89. The molecule has 0 aromatic carbocycles. The highest BCUT2D eigenvalue weighted by atomic mass is 32.2. The number of ether oxygens (including phenoxy) is 1. The van der Waals surface area contributed by atoms with E-state index in [9.17, 15) is 8.42 Å². The van der Waals surface area contributed by atoms with Crippen molar-refractivity contribution >= 4 is 15.8 Å². The van der Waals surface area contributed by atoms with Crippen LogP contribution >= 0.6 is 0 Å². The molecule has 1 aromatic heterocycles. The summed E-state index contributed by atoms with van der Waals surface area (Å²) in [6.07, 6.45) is 6.25. The summed E-state index contributed by atoms with van der Waals surface area (Å²) in [4.78, 5) is 4.24. The average molecular weight is 313 g/mol. The molecule has 7 heteroatoms. The third-order valence-electron chi connectivity index (χ3n) is 3.45. The van der Waals surface area contributed by atoms with Crippen LogP contribution in [0.1, 0.15) is 32.6 Å². The van der Waals surface area contributed by atoms with Crippen LogP contribution in [0.5, 0.6) is 0 Å². The SMILES string of the molecule is CCNc1ccc(S(=O)(=O)NCCOC2CCCC2)cn1. The fourth-order valence-electron chi connectivity index (χ4n) is 2.36. The average Bonchev–Trinajstić information content (AvgIpc) is 2.98. The number of nitrogens with one attached hydrogen (secondary N) is 2. The van der Waals surface area contributed by atoms with Gasteiger partial charge < -0.3 is 10.1 Å². The van der Waals surface area contributed by atoms with Gasteiger partial charge in [-0.3, -0.25) is 0 Å². The summed E-state index contributed by atoms with van der Waals surface area (Å²) in [7, 11) is -3.51. The molecule has 0 radical (unpaired) electrons. The first-order valence-corrected chi connectivity index (χ1v) is 8.91. The number of hydrogen-bond acceptors (Lipinski definition) is 5. The Morgan fingerprint density at radius 1 is 1.33 bits per heavy atom. The summed E-state index contributed by atoms with van der Waals surface area (Å²) in [6.45, 7) is 3.40. The Kier molecular flexibility index (Phi) is 5.96.